The number of anilines is 1. The second-order valence-electron chi connectivity index (χ2n) is 4.87. The van der Waals surface area contributed by atoms with Crippen molar-refractivity contribution in [3.8, 4) is 6.07 Å². The fourth-order valence-corrected chi connectivity index (χ4v) is 2.61. The summed E-state index contributed by atoms with van der Waals surface area (Å²) in [6.45, 7) is 3.54. The van der Waals surface area contributed by atoms with Crippen LogP contribution >= 0.6 is 0 Å². The molecule has 20 heavy (non-hydrogen) atoms. The van der Waals surface area contributed by atoms with Gasteiger partial charge in [-0.2, -0.15) is 5.26 Å². The second kappa shape index (κ2) is 5.76. The normalized spacial score (nSPS) is 17.6. The molecule has 1 saturated heterocycles. The highest BCUT2D eigenvalue weighted by atomic mass is 15.3. The van der Waals surface area contributed by atoms with Gasteiger partial charge in [-0.1, -0.05) is 6.07 Å². The van der Waals surface area contributed by atoms with Gasteiger partial charge in [0, 0.05) is 44.3 Å². The summed E-state index contributed by atoms with van der Waals surface area (Å²) in [5.41, 5.74) is 0.971. The van der Waals surface area contributed by atoms with Crippen LogP contribution in [0.1, 0.15) is 11.7 Å². The molecular weight excluding hydrogens is 250 g/mol. The van der Waals surface area contributed by atoms with Crippen LogP contribution in [0.2, 0.25) is 0 Å². The molecule has 0 aliphatic carbocycles. The molecule has 2 aromatic rings. The molecule has 2 aromatic heterocycles. The molecular formula is C15H17N5. The van der Waals surface area contributed by atoms with E-state index in [9.17, 15) is 5.26 Å². The maximum Gasteiger partial charge on any atom is 0.138 e. The van der Waals surface area contributed by atoms with E-state index in [1.165, 1.54) is 0 Å². The number of nitriles is 1. The maximum atomic E-state index is 9.40. The number of nitrogens with one attached hydrogen (secondary N) is 1. The maximum absolute atomic E-state index is 9.40. The third-order valence-electron chi connectivity index (χ3n) is 3.69. The van der Waals surface area contributed by atoms with Crippen LogP contribution in [0.3, 0.4) is 0 Å². The van der Waals surface area contributed by atoms with Crippen molar-refractivity contribution in [2.45, 2.75) is 6.04 Å². The molecule has 3 rings (SSSR count). The Morgan fingerprint density at radius 1 is 1.15 bits per heavy atom. The summed E-state index contributed by atoms with van der Waals surface area (Å²) < 4.78 is 0. The van der Waals surface area contributed by atoms with E-state index in [-0.39, 0.29) is 6.04 Å². The van der Waals surface area contributed by atoms with Gasteiger partial charge in [0.25, 0.3) is 0 Å². The number of hydrogen-bond acceptors (Lipinski definition) is 4. The van der Waals surface area contributed by atoms with E-state index in [0.29, 0.717) is 0 Å². The van der Waals surface area contributed by atoms with Crippen LogP contribution in [-0.2, 0) is 0 Å². The molecule has 1 atom stereocenters. The molecule has 1 unspecified atom stereocenters. The lowest BCUT2D eigenvalue weighted by molar-refractivity contribution is 0.219. The topological polar surface area (TPSA) is 59.0 Å². The van der Waals surface area contributed by atoms with Crippen molar-refractivity contribution < 1.29 is 0 Å². The molecule has 3 heterocycles. The number of aromatic nitrogens is 2. The summed E-state index contributed by atoms with van der Waals surface area (Å²) in [6, 6.07) is 12.1. The number of pyridine rings is 1. The number of H-pyrrole nitrogens is 1. The summed E-state index contributed by atoms with van der Waals surface area (Å²) in [6.07, 6.45) is 3.68. The molecule has 5 heteroatoms. The summed E-state index contributed by atoms with van der Waals surface area (Å²) in [5.74, 6) is 1.01. The van der Waals surface area contributed by atoms with E-state index in [0.717, 1.165) is 37.7 Å². The first kappa shape index (κ1) is 12.7. The van der Waals surface area contributed by atoms with Gasteiger partial charge in [-0.25, -0.2) is 4.98 Å². The van der Waals surface area contributed by atoms with Crippen LogP contribution in [0.5, 0.6) is 0 Å². The average Bonchev–Trinajstić information content (AvgIpc) is 3.04. The predicted octanol–water partition coefficient (Wildman–Crippen LogP) is 1.80. The molecule has 0 bridgehead atoms. The Bertz CT molecular complexity index is 564. The molecule has 1 N–H and O–H groups in total. The van der Waals surface area contributed by atoms with E-state index in [1.807, 2.05) is 42.7 Å². The lowest BCUT2D eigenvalue weighted by Gasteiger charge is -2.37. The first-order valence-corrected chi connectivity index (χ1v) is 6.81. The van der Waals surface area contributed by atoms with Gasteiger partial charge in [0.05, 0.1) is 6.07 Å². The highest BCUT2D eigenvalue weighted by Gasteiger charge is 2.25. The largest absolute Gasteiger partial charge is 0.363 e. The monoisotopic (exact) mass is 267 g/mol. The molecule has 1 aliphatic rings. The molecule has 1 fully saturated rings. The Balaban J connectivity index is 1.65. The second-order valence-corrected chi connectivity index (χ2v) is 4.87. The quantitative estimate of drug-likeness (QED) is 0.921. The fraction of sp³-hybridized carbons (Fsp3) is 0.333. The lowest BCUT2D eigenvalue weighted by Crippen LogP contribution is -2.47. The van der Waals surface area contributed by atoms with E-state index in [4.69, 9.17) is 0 Å². The Hall–Kier alpha value is -2.32. The fourth-order valence-electron chi connectivity index (χ4n) is 2.61. The standard InChI is InChI=1S/C15H17N5/c16-12-14(13-4-3-7-17-13)19-8-10-20(11-9-19)15-5-1-2-6-18-15/h1-7,14,17H,8-11H2. The first-order chi connectivity index (χ1) is 9.88. The molecule has 102 valence electrons. The van der Waals surface area contributed by atoms with Crippen LogP contribution in [0, 0.1) is 11.3 Å². The van der Waals surface area contributed by atoms with Crippen molar-refractivity contribution >= 4 is 5.82 Å². The van der Waals surface area contributed by atoms with Gasteiger partial charge < -0.3 is 9.88 Å². The number of rotatable bonds is 3. The molecule has 1 aliphatic heterocycles. The van der Waals surface area contributed by atoms with Gasteiger partial charge in [-0.3, -0.25) is 4.90 Å². The van der Waals surface area contributed by atoms with Crippen molar-refractivity contribution in [2.75, 3.05) is 31.1 Å². The Labute approximate surface area is 118 Å². The zero-order valence-electron chi connectivity index (χ0n) is 11.2. The summed E-state index contributed by atoms with van der Waals surface area (Å²) in [5, 5.41) is 9.40. The van der Waals surface area contributed by atoms with E-state index < -0.39 is 0 Å². The molecule has 5 nitrogen and oxygen atoms in total. The Morgan fingerprint density at radius 2 is 2.00 bits per heavy atom. The van der Waals surface area contributed by atoms with Crippen LogP contribution in [0.15, 0.2) is 42.7 Å². The van der Waals surface area contributed by atoms with Gasteiger partial charge in [0.2, 0.25) is 0 Å². The zero-order valence-corrected chi connectivity index (χ0v) is 11.2. The van der Waals surface area contributed by atoms with Gasteiger partial charge in [-0.05, 0) is 24.3 Å². The number of hydrogen-bond donors (Lipinski definition) is 1. The predicted molar refractivity (Wildman–Crippen MR) is 77.2 cm³/mol. The van der Waals surface area contributed by atoms with Crippen molar-refractivity contribution in [1.82, 2.24) is 14.9 Å². The van der Waals surface area contributed by atoms with Crippen molar-refractivity contribution in [3.05, 3.63) is 48.4 Å². The molecule has 0 saturated carbocycles. The third-order valence-corrected chi connectivity index (χ3v) is 3.69. The van der Waals surface area contributed by atoms with Crippen molar-refractivity contribution in [1.29, 1.82) is 5.26 Å². The highest BCUT2D eigenvalue weighted by molar-refractivity contribution is 5.38. The lowest BCUT2D eigenvalue weighted by atomic mass is 10.1. The summed E-state index contributed by atoms with van der Waals surface area (Å²) >= 11 is 0. The zero-order chi connectivity index (χ0) is 13.8. The Morgan fingerprint density at radius 3 is 2.60 bits per heavy atom. The van der Waals surface area contributed by atoms with E-state index in [1.54, 1.807) is 0 Å². The van der Waals surface area contributed by atoms with Crippen LogP contribution in [-0.4, -0.2) is 41.0 Å². The molecule has 0 spiro atoms. The minimum atomic E-state index is -0.184. The number of aromatic amines is 1. The van der Waals surface area contributed by atoms with E-state index >= 15 is 0 Å². The smallest absolute Gasteiger partial charge is 0.138 e. The van der Waals surface area contributed by atoms with Crippen molar-refractivity contribution in [2.24, 2.45) is 0 Å². The molecule has 0 aromatic carbocycles. The minimum absolute atomic E-state index is 0.184. The first-order valence-electron chi connectivity index (χ1n) is 6.81. The van der Waals surface area contributed by atoms with Gasteiger partial charge in [-0.15, -0.1) is 0 Å². The van der Waals surface area contributed by atoms with Crippen molar-refractivity contribution in [3.63, 3.8) is 0 Å². The Kier molecular flexibility index (Phi) is 3.66. The van der Waals surface area contributed by atoms with Crippen LogP contribution < -0.4 is 4.90 Å². The van der Waals surface area contributed by atoms with Gasteiger partial charge in [0.1, 0.15) is 11.9 Å². The van der Waals surface area contributed by atoms with Gasteiger partial charge in [0.15, 0.2) is 0 Å². The minimum Gasteiger partial charge on any atom is -0.363 e. The highest BCUT2D eigenvalue weighted by Crippen LogP contribution is 2.21. The molecule has 0 radical (unpaired) electrons. The third kappa shape index (κ3) is 2.51. The van der Waals surface area contributed by atoms with Crippen LogP contribution in [0.4, 0.5) is 5.82 Å². The number of nitrogens with zero attached hydrogens (tertiary/aromatic N) is 4. The van der Waals surface area contributed by atoms with E-state index in [2.05, 4.69) is 25.8 Å². The SMILES string of the molecule is N#CC(c1ccc[nH]1)N1CCN(c2ccccn2)CC1. The molecule has 0 amide bonds. The summed E-state index contributed by atoms with van der Waals surface area (Å²) in [4.78, 5) is 12.0. The van der Waals surface area contributed by atoms with Crippen LogP contribution in [0.25, 0.3) is 0 Å². The summed E-state index contributed by atoms with van der Waals surface area (Å²) in [7, 11) is 0. The average molecular weight is 267 g/mol. The number of piperazine rings is 1. The van der Waals surface area contributed by atoms with Gasteiger partial charge >= 0.3 is 0 Å².